The Labute approximate surface area is 69.7 Å². The zero-order valence-electron chi connectivity index (χ0n) is 6.45. The minimum atomic E-state index is -5.39. The lowest BCUT2D eigenvalue weighted by atomic mass is 10.1. The Hall–Kier alpha value is -0.500. The van der Waals surface area contributed by atoms with Gasteiger partial charge in [-0.15, -0.1) is 0 Å². The van der Waals surface area contributed by atoms with Crippen LogP contribution in [0, 0.1) is 5.92 Å². The third-order valence-corrected chi connectivity index (χ3v) is 1.24. The lowest BCUT2D eigenvalue weighted by molar-refractivity contribution is -0.297. The largest absolute Gasteiger partial charge is 0.401 e. The molecule has 0 amide bonds. The molecular weight excluding hydrogens is 204 g/mol. The van der Waals surface area contributed by atoms with E-state index in [1.807, 2.05) is 0 Å². The maximum Gasteiger partial charge on any atom is 0.401 e. The van der Waals surface area contributed by atoms with Crippen LogP contribution in [0.25, 0.3) is 0 Å². The molecule has 0 aliphatic rings. The first kappa shape index (κ1) is 12.5. The highest BCUT2D eigenvalue weighted by molar-refractivity contribution is 4.76. The van der Waals surface area contributed by atoms with Crippen LogP contribution in [0.5, 0.6) is 0 Å². The van der Waals surface area contributed by atoms with Gasteiger partial charge in [-0.3, -0.25) is 0 Å². The summed E-state index contributed by atoms with van der Waals surface area (Å²) in [5, 5.41) is 8.14. The highest BCUT2D eigenvalue weighted by atomic mass is 19.4. The average molecular weight is 211 g/mol. The normalized spacial score (nSPS) is 14.3. The Morgan fingerprint density at radius 1 is 1.08 bits per heavy atom. The lowest BCUT2D eigenvalue weighted by Crippen LogP contribution is -2.43. The van der Waals surface area contributed by atoms with E-state index in [1.54, 1.807) is 0 Å². The van der Waals surface area contributed by atoms with E-state index in [-0.39, 0.29) is 5.06 Å². The highest BCUT2D eigenvalue weighted by Crippen LogP contribution is 2.39. The molecule has 0 saturated heterocycles. The first-order valence-corrected chi connectivity index (χ1v) is 3.08. The molecule has 0 aromatic heterocycles. The third-order valence-electron chi connectivity index (χ3n) is 1.24. The minimum Gasteiger partial charge on any atom is -0.314 e. The Balaban J connectivity index is 4.58. The molecule has 0 fully saturated rings. The van der Waals surface area contributed by atoms with Crippen LogP contribution in [-0.2, 0) is 0 Å². The lowest BCUT2D eigenvalue weighted by Gasteiger charge is -2.24. The van der Waals surface area contributed by atoms with E-state index in [1.165, 1.54) is 0 Å². The summed E-state index contributed by atoms with van der Waals surface area (Å²) in [6.07, 6.45) is -10.8. The van der Waals surface area contributed by atoms with Crippen molar-refractivity contribution < 1.29 is 31.5 Å². The van der Waals surface area contributed by atoms with Gasteiger partial charge < -0.3 is 5.21 Å². The number of hydrogen-bond donors (Lipinski definition) is 1. The minimum absolute atomic E-state index is 0.147. The molecule has 0 radical (unpaired) electrons. The number of halogens is 6. The molecule has 0 aliphatic heterocycles. The van der Waals surface area contributed by atoms with E-state index in [2.05, 4.69) is 0 Å². The third kappa shape index (κ3) is 4.32. The van der Waals surface area contributed by atoms with Crippen LogP contribution < -0.4 is 0 Å². The van der Waals surface area contributed by atoms with Gasteiger partial charge in [0, 0.05) is 13.6 Å². The zero-order chi connectivity index (χ0) is 10.9. The summed E-state index contributed by atoms with van der Waals surface area (Å²) < 4.78 is 70.3. The Kier molecular flexibility index (Phi) is 3.56. The van der Waals surface area contributed by atoms with E-state index in [9.17, 15) is 26.3 Å². The molecule has 0 bridgehead atoms. The van der Waals surface area contributed by atoms with Gasteiger partial charge >= 0.3 is 12.4 Å². The SMILES string of the molecule is CN(O)CC(C(F)(F)F)C(F)(F)F. The summed E-state index contributed by atoms with van der Waals surface area (Å²) >= 11 is 0. The van der Waals surface area contributed by atoms with E-state index in [4.69, 9.17) is 5.21 Å². The van der Waals surface area contributed by atoms with Crippen LogP contribution in [0.3, 0.4) is 0 Å². The molecule has 0 atom stereocenters. The summed E-state index contributed by atoms with van der Waals surface area (Å²) in [5.41, 5.74) is 0. The van der Waals surface area contributed by atoms with Crippen molar-refractivity contribution in [3.05, 3.63) is 0 Å². The van der Waals surface area contributed by atoms with Gasteiger partial charge in [-0.05, 0) is 0 Å². The summed E-state index contributed by atoms with van der Waals surface area (Å²) in [6, 6.07) is 0. The fourth-order valence-electron chi connectivity index (χ4n) is 0.657. The molecule has 0 heterocycles. The molecule has 0 aliphatic carbocycles. The molecule has 1 N–H and O–H groups in total. The van der Waals surface area contributed by atoms with Crippen LogP contribution >= 0.6 is 0 Å². The van der Waals surface area contributed by atoms with Crippen molar-refractivity contribution in [1.29, 1.82) is 0 Å². The summed E-state index contributed by atoms with van der Waals surface area (Å²) in [6.45, 7) is -1.52. The Bertz CT molecular complexity index is 147. The predicted octanol–water partition coefficient (Wildman–Crippen LogP) is 2.05. The maximum atomic E-state index is 11.7. The first-order chi connectivity index (χ1) is 5.55. The Morgan fingerprint density at radius 3 is 1.46 bits per heavy atom. The summed E-state index contributed by atoms with van der Waals surface area (Å²) in [7, 11) is 0.713. The van der Waals surface area contributed by atoms with Gasteiger partial charge in [-0.1, -0.05) is 0 Å². The molecule has 0 aromatic carbocycles. The van der Waals surface area contributed by atoms with Gasteiger partial charge in [0.15, 0.2) is 5.92 Å². The fraction of sp³-hybridized carbons (Fsp3) is 1.00. The number of hydroxylamine groups is 2. The van der Waals surface area contributed by atoms with Gasteiger partial charge in [0.1, 0.15) is 0 Å². The van der Waals surface area contributed by atoms with Crippen molar-refractivity contribution in [2.24, 2.45) is 5.92 Å². The van der Waals surface area contributed by atoms with Gasteiger partial charge in [0.25, 0.3) is 0 Å². The predicted molar refractivity (Wildman–Crippen MR) is 30.0 cm³/mol. The highest BCUT2D eigenvalue weighted by Gasteiger charge is 2.56. The van der Waals surface area contributed by atoms with E-state index < -0.39 is 24.8 Å². The molecular formula is C5H7F6NO. The molecule has 0 spiro atoms. The number of hydrogen-bond acceptors (Lipinski definition) is 2. The second-order valence-corrected chi connectivity index (χ2v) is 2.48. The Morgan fingerprint density at radius 2 is 1.38 bits per heavy atom. The molecule has 0 aromatic rings. The quantitative estimate of drug-likeness (QED) is 0.558. The summed E-state index contributed by atoms with van der Waals surface area (Å²) in [5.74, 6) is -3.52. The van der Waals surface area contributed by atoms with Crippen LogP contribution in [0.1, 0.15) is 0 Å². The summed E-state index contributed by atoms with van der Waals surface area (Å²) in [4.78, 5) is 0. The smallest absolute Gasteiger partial charge is 0.314 e. The molecule has 80 valence electrons. The van der Waals surface area contributed by atoms with Gasteiger partial charge in [-0.25, -0.2) is 0 Å². The van der Waals surface area contributed by atoms with Crippen molar-refractivity contribution in [2.75, 3.05) is 13.6 Å². The zero-order valence-corrected chi connectivity index (χ0v) is 6.45. The van der Waals surface area contributed by atoms with Crippen molar-refractivity contribution >= 4 is 0 Å². The first-order valence-electron chi connectivity index (χ1n) is 3.08. The fourth-order valence-corrected chi connectivity index (χ4v) is 0.657. The molecule has 0 unspecified atom stereocenters. The van der Waals surface area contributed by atoms with Gasteiger partial charge in [0.05, 0.1) is 0 Å². The molecule has 13 heavy (non-hydrogen) atoms. The second-order valence-electron chi connectivity index (χ2n) is 2.48. The van der Waals surface area contributed by atoms with Gasteiger partial charge in [0.2, 0.25) is 0 Å². The van der Waals surface area contributed by atoms with Crippen molar-refractivity contribution in [1.82, 2.24) is 5.06 Å². The van der Waals surface area contributed by atoms with Crippen LogP contribution in [0.4, 0.5) is 26.3 Å². The number of rotatable bonds is 2. The molecule has 8 heteroatoms. The van der Waals surface area contributed by atoms with Gasteiger partial charge in [-0.2, -0.15) is 31.4 Å². The molecule has 0 saturated carbocycles. The molecule has 0 rings (SSSR count). The van der Waals surface area contributed by atoms with E-state index in [0.29, 0.717) is 7.05 Å². The number of nitrogens with zero attached hydrogens (tertiary/aromatic N) is 1. The van der Waals surface area contributed by atoms with Crippen LogP contribution in [0.15, 0.2) is 0 Å². The molecule has 2 nitrogen and oxygen atoms in total. The van der Waals surface area contributed by atoms with E-state index >= 15 is 0 Å². The van der Waals surface area contributed by atoms with Crippen molar-refractivity contribution in [2.45, 2.75) is 12.4 Å². The number of alkyl halides is 6. The second kappa shape index (κ2) is 3.70. The monoisotopic (exact) mass is 211 g/mol. The average Bonchev–Trinajstić information content (AvgIpc) is 1.77. The maximum absolute atomic E-state index is 11.7. The van der Waals surface area contributed by atoms with Crippen LogP contribution in [-0.4, -0.2) is 36.2 Å². The standard InChI is InChI=1S/C5H7F6NO/c1-12(13)2-3(4(6,7)8)5(9,10)11/h3,13H,2H2,1H3. The topological polar surface area (TPSA) is 23.5 Å². The van der Waals surface area contributed by atoms with Crippen molar-refractivity contribution in [3.8, 4) is 0 Å². The van der Waals surface area contributed by atoms with Crippen molar-refractivity contribution in [3.63, 3.8) is 0 Å². The van der Waals surface area contributed by atoms with Crippen LogP contribution in [0.2, 0.25) is 0 Å². The van der Waals surface area contributed by atoms with E-state index in [0.717, 1.165) is 0 Å².